The predicted molar refractivity (Wildman–Crippen MR) is 128 cm³/mol. The zero-order valence-electron chi connectivity index (χ0n) is 19.0. The normalized spacial score (nSPS) is 19.4. The van der Waals surface area contributed by atoms with Crippen LogP contribution in [0, 0.1) is 0 Å². The molecule has 1 aliphatic carbocycles. The number of urea groups is 1. The number of anilines is 1. The lowest BCUT2D eigenvalue weighted by Crippen LogP contribution is -2.45. The molecule has 0 spiro atoms. The van der Waals surface area contributed by atoms with Gasteiger partial charge in [0.25, 0.3) is 0 Å². The molecule has 2 aromatic carbocycles. The SMILES string of the molecule is CN(C)c1ccc(-c2ccc3oc([C@H]4CCCN4C(=O)NC4CCCCC4)nc3c2)cc1. The van der Waals surface area contributed by atoms with E-state index in [1.807, 2.05) is 25.1 Å². The van der Waals surface area contributed by atoms with Crippen molar-refractivity contribution in [1.82, 2.24) is 15.2 Å². The predicted octanol–water partition coefficient (Wildman–Crippen LogP) is 5.74. The molecule has 1 atom stereocenters. The van der Waals surface area contributed by atoms with Crippen LogP contribution in [0.3, 0.4) is 0 Å². The molecule has 1 aliphatic heterocycles. The topological polar surface area (TPSA) is 61.6 Å². The van der Waals surface area contributed by atoms with E-state index in [2.05, 4.69) is 46.6 Å². The highest BCUT2D eigenvalue weighted by atomic mass is 16.4. The molecule has 168 valence electrons. The fraction of sp³-hybridized carbons (Fsp3) is 0.462. The first-order chi connectivity index (χ1) is 15.6. The maximum absolute atomic E-state index is 13.0. The summed E-state index contributed by atoms with van der Waals surface area (Å²) in [6, 6.07) is 14.9. The van der Waals surface area contributed by atoms with E-state index in [1.165, 1.54) is 24.9 Å². The van der Waals surface area contributed by atoms with E-state index >= 15 is 0 Å². The van der Waals surface area contributed by atoms with Crippen LogP contribution in [0.1, 0.15) is 56.9 Å². The summed E-state index contributed by atoms with van der Waals surface area (Å²) in [6.45, 7) is 0.755. The van der Waals surface area contributed by atoms with Gasteiger partial charge in [0.2, 0.25) is 5.89 Å². The van der Waals surface area contributed by atoms with Gasteiger partial charge < -0.3 is 19.5 Å². The second-order valence-corrected chi connectivity index (χ2v) is 9.31. The van der Waals surface area contributed by atoms with E-state index in [1.54, 1.807) is 0 Å². The zero-order valence-corrected chi connectivity index (χ0v) is 19.0. The van der Waals surface area contributed by atoms with Crippen molar-refractivity contribution >= 4 is 22.8 Å². The summed E-state index contributed by atoms with van der Waals surface area (Å²) in [5.41, 5.74) is 5.05. The minimum Gasteiger partial charge on any atom is -0.438 e. The number of nitrogens with zero attached hydrogens (tertiary/aromatic N) is 3. The van der Waals surface area contributed by atoms with E-state index < -0.39 is 0 Å². The van der Waals surface area contributed by atoms with Gasteiger partial charge in [-0.1, -0.05) is 37.5 Å². The highest BCUT2D eigenvalue weighted by Crippen LogP contribution is 2.34. The second kappa shape index (κ2) is 8.85. The molecule has 2 amide bonds. The summed E-state index contributed by atoms with van der Waals surface area (Å²) in [5.74, 6) is 0.649. The number of oxazole rings is 1. The molecule has 1 saturated heterocycles. The highest BCUT2D eigenvalue weighted by Gasteiger charge is 2.34. The number of carbonyl (C=O) groups excluding carboxylic acids is 1. The van der Waals surface area contributed by atoms with Gasteiger partial charge in [0.05, 0.1) is 0 Å². The van der Waals surface area contributed by atoms with Crippen LogP contribution in [0.25, 0.3) is 22.2 Å². The summed E-state index contributed by atoms with van der Waals surface area (Å²) in [4.78, 5) is 21.8. The summed E-state index contributed by atoms with van der Waals surface area (Å²) in [7, 11) is 4.08. The summed E-state index contributed by atoms with van der Waals surface area (Å²) < 4.78 is 6.12. The molecule has 32 heavy (non-hydrogen) atoms. The number of benzene rings is 2. The van der Waals surface area contributed by atoms with Crippen LogP contribution in [0.5, 0.6) is 0 Å². The third-order valence-corrected chi connectivity index (χ3v) is 6.85. The van der Waals surface area contributed by atoms with Gasteiger partial charge in [-0.2, -0.15) is 0 Å². The molecule has 0 bridgehead atoms. The van der Waals surface area contributed by atoms with Crippen LogP contribution >= 0.6 is 0 Å². The summed E-state index contributed by atoms with van der Waals surface area (Å²) >= 11 is 0. The number of aromatic nitrogens is 1. The largest absolute Gasteiger partial charge is 0.438 e. The fourth-order valence-corrected chi connectivity index (χ4v) is 4.99. The van der Waals surface area contributed by atoms with Crippen molar-refractivity contribution in [2.45, 2.75) is 57.0 Å². The number of rotatable bonds is 4. The molecular weight excluding hydrogens is 400 g/mol. The first-order valence-electron chi connectivity index (χ1n) is 11.8. The molecule has 6 nitrogen and oxygen atoms in total. The Labute approximate surface area is 189 Å². The van der Waals surface area contributed by atoms with Gasteiger partial charge in [0.1, 0.15) is 11.6 Å². The maximum Gasteiger partial charge on any atom is 0.318 e. The molecule has 3 aromatic rings. The van der Waals surface area contributed by atoms with Crippen LogP contribution in [-0.4, -0.2) is 42.6 Å². The third-order valence-electron chi connectivity index (χ3n) is 6.85. The van der Waals surface area contributed by atoms with Crippen molar-refractivity contribution in [3.05, 3.63) is 48.4 Å². The molecule has 0 unspecified atom stereocenters. The lowest BCUT2D eigenvalue weighted by Gasteiger charge is -2.28. The number of amides is 2. The second-order valence-electron chi connectivity index (χ2n) is 9.31. The Hall–Kier alpha value is -3.02. The molecule has 1 saturated carbocycles. The minimum atomic E-state index is -0.0891. The number of carbonyl (C=O) groups is 1. The van der Waals surface area contributed by atoms with Crippen molar-refractivity contribution in [1.29, 1.82) is 0 Å². The number of fused-ring (bicyclic) bond motifs is 1. The van der Waals surface area contributed by atoms with Crippen LogP contribution in [0.15, 0.2) is 46.9 Å². The standard InChI is InChI=1S/C26H32N4O2/c1-29(2)21-13-10-18(11-14-21)19-12-15-24-22(17-19)28-25(32-24)23-9-6-16-30(23)26(31)27-20-7-4-3-5-8-20/h10-15,17,20,23H,3-9,16H2,1-2H3,(H,27,31)/t23-/m1/s1. The lowest BCUT2D eigenvalue weighted by molar-refractivity contribution is 0.178. The van der Waals surface area contributed by atoms with Crippen molar-refractivity contribution < 1.29 is 9.21 Å². The molecule has 1 N–H and O–H groups in total. The first-order valence-corrected chi connectivity index (χ1v) is 11.8. The van der Waals surface area contributed by atoms with Crippen LogP contribution in [-0.2, 0) is 0 Å². The average molecular weight is 433 g/mol. The Morgan fingerprint density at radius 1 is 1.00 bits per heavy atom. The van der Waals surface area contributed by atoms with E-state index in [0.717, 1.165) is 54.5 Å². The number of nitrogens with one attached hydrogen (secondary N) is 1. The van der Waals surface area contributed by atoms with Crippen molar-refractivity contribution in [2.24, 2.45) is 0 Å². The van der Waals surface area contributed by atoms with E-state index in [4.69, 9.17) is 9.40 Å². The molecule has 6 heteroatoms. The summed E-state index contributed by atoms with van der Waals surface area (Å²) in [5, 5.41) is 3.25. The molecule has 5 rings (SSSR count). The zero-order chi connectivity index (χ0) is 22.1. The smallest absolute Gasteiger partial charge is 0.318 e. The molecule has 2 heterocycles. The Morgan fingerprint density at radius 3 is 2.50 bits per heavy atom. The van der Waals surface area contributed by atoms with Gasteiger partial charge in [0.15, 0.2) is 5.58 Å². The van der Waals surface area contributed by atoms with Crippen LogP contribution in [0.2, 0.25) is 0 Å². The molecular formula is C26H32N4O2. The first kappa shape index (κ1) is 20.9. The van der Waals surface area contributed by atoms with Gasteiger partial charge >= 0.3 is 6.03 Å². The van der Waals surface area contributed by atoms with Gasteiger partial charge in [-0.25, -0.2) is 9.78 Å². The Morgan fingerprint density at radius 2 is 1.75 bits per heavy atom. The van der Waals surface area contributed by atoms with Crippen molar-refractivity contribution in [3.8, 4) is 11.1 Å². The fourth-order valence-electron chi connectivity index (χ4n) is 4.99. The van der Waals surface area contributed by atoms with Crippen LogP contribution in [0.4, 0.5) is 10.5 Å². The van der Waals surface area contributed by atoms with Gasteiger partial charge in [-0.15, -0.1) is 0 Å². The van der Waals surface area contributed by atoms with Crippen LogP contribution < -0.4 is 10.2 Å². The van der Waals surface area contributed by atoms with Crippen molar-refractivity contribution in [2.75, 3.05) is 25.5 Å². The lowest BCUT2D eigenvalue weighted by atomic mass is 9.96. The highest BCUT2D eigenvalue weighted by molar-refractivity contribution is 5.81. The number of hydrogen-bond donors (Lipinski definition) is 1. The molecule has 2 aliphatic rings. The Bertz CT molecular complexity index is 1080. The van der Waals surface area contributed by atoms with E-state index in [-0.39, 0.29) is 12.1 Å². The van der Waals surface area contributed by atoms with Gasteiger partial charge in [-0.3, -0.25) is 0 Å². The Kier molecular flexibility index (Phi) is 5.77. The number of hydrogen-bond acceptors (Lipinski definition) is 4. The minimum absolute atomic E-state index is 0.0309. The summed E-state index contributed by atoms with van der Waals surface area (Å²) in [6.07, 6.45) is 7.74. The quantitative estimate of drug-likeness (QED) is 0.571. The number of likely N-dealkylation sites (tertiary alicyclic amines) is 1. The van der Waals surface area contributed by atoms with E-state index in [9.17, 15) is 4.79 Å². The molecule has 1 aromatic heterocycles. The van der Waals surface area contributed by atoms with Gasteiger partial charge in [-0.05, 0) is 61.1 Å². The Balaban J connectivity index is 1.35. The average Bonchev–Trinajstić information content (AvgIpc) is 3.46. The van der Waals surface area contributed by atoms with Gasteiger partial charge in [0, 0.05) is 32.4 Å². The molecule has 2 fully saturated rings. The van der Waals surface area contributed by atoms with E-state index in [0.29, 0.717) is 11.9 Å². The third kappa shape index (κ3) is 4.18. The van der Waals surface area contributed by atoms with Crippen molar-refractivity contribution in [3.63, 3.8) is 0 Å². The molecule has 0 radical (unpaired) electrons. The monoisotopic (exact) mass is 432 g/mol. The maximum atomic E-state index is 13.0.